The van der Waals surface area contributed by atoms with Gasteiger partial charge in [0.25, 0.3) is 0 Å². The molecule has 0 saturated carbocycles. The quantitative estimate of drug-likeness (QED) is 0.743. The molecule has 0 aliphatic rings. The van der Waals surface area contributed by atoms with Crippen LogP contribution in [0, 0.1) is 0 Å². The summed E-state index contributed by atoms with van der Waals surface area (Å²) in [6, 6.07) is 0. The maximum absolute atomic E-state index is 5.18. The summed E-state index contributed by atoms with van der Waals surface area (Å²) in [4.78, 5) is 4.35. The van der Waals surface area contributed by atoms with Crippen LogP contribution in [-0.2, 0) is 11.8 Å². The molecule has 0 atom stereocenters. The van der Waals surface area contributed by atoms with Crippen LogP contribution < -0.4 is 5.32 Å². The van der Waals surface area contributed by atoms with Gasteiger partial charge >= 0.3 is 0 Å². The minimum atomic E-state index is -0.0474. The van der Waals surface area contributed by atoms with E-state index in [1.165, 1.54) is 0 Å². The topological polar surface area (TPSA) is 51.0 Å². The first-order chi connectivity index (χ1) is 6.54. The minimum absolute atomic E-state index is 0.0474. The molecule has 0 amide bonds. The second kappa shape index (κ2) is 4.55. The Kier molecular flexibility index (Phi) is 3.63. The summed E-state index contributed by atoms with van der Waals surface area (Å²) in [6.45, 7) is 7.19. The van der Waals surface area contributed by atoms with Crippen molar-refractivity contribution in [3.63, 3.8) is 0 Å². The second-order valence-corrected chi connectivity index (χ2v) is 4.47. The van der Waals surface area contributed by atoms with Crippen LogP contribution in [0.5, 0.6) is 0 Å². The summed E-state index contributed by atoms with van der Waals surface area (Å²) < 4.78 is 5.18. The average Bonchev–Trinajstić information content (AvgIpc) is 2.52. The van der Waals surface area contributed by atoms with Gasteiger partial charge in [0.2, 0.25) is 5.89 Å². The lowest BCUT2D eigenvalue weighted by molar-refractivity contribution is 0.318. The molecule has 0 bridgehead atoms. The Balaban J connectivity index is 2.51. The highest BCUT2D eigenvalue weighted by Gasteiger charge is 2.21. The maximum atomic E-state index is 5.18. The van der Waals surface area contributed by atoms with Gasteiger partial charge in [0.05, 0.1) is 0 Å². The molecule has 1 aromatic heterocycles. The van der Waals surface area contributed by atoms with E-state index in [0.717, 1.165) is 31.1 Å². The first-order valence-corrected chi connectivity index (χ1v) is 5.01. The number of hydrogen-bond acceptors (Lipinski definition) is 4. The molecule has 1 rings (SSSR count). The van der Waals surface area contributed by atoms with Gasteiger partial charge in [-0.2, -0.15) is 4.98 Å². The van der Waals surface area contributed by atoms with E-state index in [9.17, 15) is 0 Å². The molecule has 0 spiro atoms. The van der Waals surface area contributed by atoms with E-state index in [2.05, 4.69) is 36.2 Å². The van der Waals surface area contributed by atoms with E-state index >= 15 is 0 Å². The first kappa shape index (κ1) is 11.2. The Morgan fingerprint density at radius 3 is 2.57 bits per heavy atom. The lowest BCUT2D eigenvalue weighted by Crippen LogP contribution is -2.12. The summed E-state index contributed by atoms with van der Waals surface area (Å²) in [6.07, 6.45) is 1.92. The Hall–Kier alpha value is -0.900. The van der Waals surface area contributed by atoms with Gasteiger partial charge in [0, 0.05) is 11.8 Å². The van der Waals surface area contributed by atoms with Gasteiger partial charge in [0.15, 0.2) is 5.82 Å². The number of aryl methyl sites for hydroxylation is 1. The zero-order valence-corrected chi connectivity index (χ0v) is 9.42. The molecule has 1 N–H and O–H groups in total. The van der Waals surface area contributed by atoms with Crippen molar-refractivity contribution >= 4 is 0 Å². The zero-order chi connectivity index (χ0) is 10.6. The number of aromatic nitrogens is 2. The predicted molar refractivity (Wildman–Crippen MR) is 55.2 cm³/mol. The van der Waals surface area contributed by atoms with Crippen molar-refractivity contribution in [3.8, 4) is 0 Å². The van der Waals surface area contributed by atoms with Gasteiger partial charge in [-0.25, -0.2) is 0 Å². The van der Waals surface area contributed by atoms with E-state index in [-0.39, 0.29) is 5.41 Å². The Bertz CT molecular complexity index is 275. The standard InChI is InChI=1S/C10H19N3O/c1-10(2,3)9-12-8(13-14-9)6-5-7-11-4/h11H,5-7H2,1-4H3. The van der Waals surface area contributed by atoms with Gasteiger partial charge in [-0.3, -0.25) is 0 Å². The van der Waals surface area contributed by atoms with Crippen LogP contribution in [0.1, 0.15) is 38.9 Å². The van der Waals surface area contributed by atoms with E-state index < -0.39 is 0 Å². The predicted octanol–water partition coefficient (Wildman–Crippen LogP) is 1.52. The van der Waals surface area contributed by atoms with Crippen molar-refractivity contribution in [1.82, 2.24) is 15.5 Å². The van der Waals surface area contributed by atoms with Crippen LogP contribution in [-0.4, -0.2) is 23.7 Å². The fourth-order valence-corrected chi connectivity index (χ4v) is 1.08. The van der Waals surface area contributed by atoms with Crippen molar-refractivity contribution in [1.29, 1.82) is 0 Å². The lowest BCUT2D eigenvalue weighted by atomic mass is 9.97. The van der Waals surface area contributed by atoms with Crippen LogP contribution in [0.4, 0.5) is 0 Å². The average molecular weight is 197 g/mol. The maximum Gasteiger partial charge on any atom is 0.232 e. The van der Waals surface area contributed by atoms with Gasteiger partial charge in [-0.1, -0.05) is 25.9 Å². The minimum Gasteiger partial charge on any atom is -0.339 e. The highest BCUT2D eigenvalue weighted by Crippen LogP contribution is 2.19. The molecule has 0 unspecified atom stereocenters. The smallest absolute Gasteiger partial charge is 0.232 e. The normalized spacial score (nSPS) is 12.0. The van der Waals surface area contributed by atoms with Gasteiger partial charge in [0.1, 0.15) is 0 Å². The SMILES string of the molecule is CNCCCc1noc(C(C)(C)C)n1. The third kappa shape index (κ3) is 3.10. The van der Waals surface area contributed by atoms with Gasteiger partial charge in [-0.05, 0) is 20.0 Å². The molecule has 4 nitrogen and oxygen atoms in total. The zero-order valence-electron chi connectivity index (χ0n) is 9.42. The highest BCUT2D eigenvalue weighted by atomic mass is 16.5. The van der Waals surface area contributed by atoms with Crippen LogP contribution >= 0.6 is 0 Å². The molecule has 0 aromatic carbocycles. The summed E-state index contributed by atoms with van der Waals surface area (Å²) >= 11 is 0. The summed E-state index contributed by atoms with van der Waals surface area (Å²) in [5.74, 6) is 1.53. The highest BCUT2D eigenvalue weighted by molar-refractivity contribution is 4.98. The fraction of sp³-hybridized carbons (Fsp3) is 0.800. The fourth-order valence-electron chi connectivity index (χ4n) is 1.08. The van der Waals surface area contributed by atoms with E-state index in [1.807, 2.05) is 7.05 Å². The van der Waals surface area contributed by atoms with E-state index in [4.69, 9.17) is 4.52 Å². The third-order valence-electron chi connectivity index (χ3n) is 1.94. The molecule has 4 heteroatoms. The molecule has 0 radical (unpaired) electrons. The summed E-state index contributed by atoms with van der Waals surface area (Å²) in [5, 5.41) is 7.03. The first-order valence-electron chi connectivity index (χ1n) is 5.01. The van der Waals surface area contributed by atoms with Crippen molar-refractivity contribution in [3.05, 3.63) is 11.7 Å². The molecular formula is C10H19N3O. The third-order valence-corrected chi connectivity index (χ3v) is 1.94. The summed E-state index contributed by atoms with van der Waals surface area (Å²) in [5.41, 5.74) is -0.0474. The number of nitrogens with one attached hydrogen (secondary N) is 1. The number of hydrogen-bond donors (Lipinski definition) is 1. The molecule has 0 saturated heterocycles. The van der Waals surface area contributed by atoms with Crippen molar-refractivity contribution in [2.75, 3.05) is 13.6 Å². The van der Waals surface area contributed by atoms with Crippen LogP contribution in [0.3, 0.4) is 0 Å². The second-order valence-electron chi connectivity index (χ2n) is 4.47. The van der Waals surface area contributed by atoms with Gasteiger partial charge in [-0.15, -0.1) is 0 Å². The Labute approximate surface area is 85.1 Å². The van der Waals surface area contributed by atoms with E-state index in [1.54, 1.807) is 0 Å². The molecule has 0 fully saturated rings. The monoisotopic (exact) mass is 197 g/mol. The van der Waals surface area contributed by atoms with Gasteiger partial charge < -0.3 is 9.84 Å². The molecule has 14 heavy (non-hydrogen) atoms. The molecule has 0 aliphatic carbocycles. The van der Waals surface area contributed by atoms with Crippen LogP contribution in [0.25, 0.3) is 0 Å². The molecule has 1 heterocycles. The van der Waals surface area contributed by atoms with Crippen LogP contribution in [0.15, 0.2) is 4.52 Å². The Morgan fingerprint density at radius 1 is 1.36 bits per heavy atom. The van der Waals surface area contributed by atoms with Crippen molar-refractivity contribution in [2.24, 2.45) is 0 Å². The van der Waals surface area contributed by atoms with Crippen molar-refractivity contribution < 1.29 is 4.52 Å². The molecular weight excluding hydrogens is 178 g/mol. The largest absolute Gasteiger partial charge is 0.339 e. The lowest BCUT2D eigenvalue weighted by Gasteiger charge is -2.10. The van der Waals surface area contributed by atoms with Crippen LogP contribution in [0.2, 0.25) is 0 Å². The number of nitrogens with zero attached hydrogens (tertiary/aromatic N) is 2. The Morgan fingerprint density at radius 2 is 2.07 bits per heavy atom. The molecule has 1 aromatic rings. The van der Waals surface area contributed by atoms with E-state index in [0.29, 0.717) is 0 Å². The molecule has 80 valence electrons. The summed E-state index contributed by atoms with van der Waals surface area (Å²) in [7, 11) is 1.94. The number of rotatable bonds is 4. The van der Waals surface area contributed by atoms with Crippen molar-refractivity contribution in [2.45, 2.75) is 39.0 Å². The molecule has 0 aliphatic heterocycles.